The van der Waals surface area contributed by atoms with Crippen molar-refractivity contribution in [2.45, 2.75) is 26.3 Å². The third kappa shape index (κ3) is 4.09. The molecule has 1 rings (SSSR count). The summed E-state index contributed by atoms with van der Waals surface area (Å²) in [6, 6.07) is 0.207. The summed E-state index contributed by atoms with van der Waals surface area (Å²) in [5.41, 5.74) is 5.88. The number of nitrogens with two attached hydrogens (primary N) is 1. The van der Waals surface area contributed by atoms with Crippen LogP contribution in [0.4, 0.5) is 0 Å². The van der Waals surface area contributed by atoms with Gasteiger partial charge in [0, 0.05) is 31.4 Å². The molecular formula is C10H22N2O2S. The maximum atomic E-state index is 11.5. The van der Waals surface area contributed by atoms with Crippen LogP contribution in [0.1, 0.15) is 20.3 Å². The molecule has 90 valence electrons. The van der Waals surface area contributed by atoms with E-state index in [0.29, 0.717) is 24.6 Å². The summed E-state index contributed by atoms with van der Waals surface area (Å²) in [5, 5.41) is 0. The molecule has 0 amide bonds. The second kappa shape index (κ2) is 5.27. The van der Waals surface area contributed by atoms with Crippen LogP contribution < -0.4 is 5.73 Å². The standard InChI is InChI=1S/C10H22N2O2S/c1-3-5-15(13,14)6-4-12-7-9(2)10(11)8-12/h9-10H,3-8,11H2,1-2H3. The van der Waals surface area contributed by atoms with Gasteiger partial charge < -0.3 is 10.6 Å². The van der Waals surface area contributed by atoms with Gasteiger partial charge in [0.05, 0.1) is 5.75 Å². The molecule has 0 aromatic heterocycles. The monoisotopic (exact) mass is 234 g/mol. The molecule has 15 heavy (non-hydrogen) atoms. The summed E-state index contributed by atoms with van der Waals surface area (Å²) in [7, 11) is -2.84. The van der Waals surface area contributed by atoms with Crippen molar-refractivity contribution < 1.29 is 8.42 Å². The first kappa shape index (κ1) is 12.9. The topological polar surface area (TPSA) is 63.4 Å². The quantitative estimate of drug-likeness (QED) is 0.732. The second-order valence-corrected chi connectivity index (χ2v) is 6.86. The molecule has 5 heteroatoms. The largest absolute Gasteiger partial charge is 0.326 e. The Labute approximate surface area is 92.7 Å². The van der Waals surface area contributed by atoms with E-state index < -0.39 is 9.84 Å². The summed E-state index contributed by atoms with van der Waals surface area (Å²) in [6.45, 7) is 6.42. The molecule has 1 saturated heterocycles. The van der Waals surface area contributed by atoms with Gasteiger partial charge in [-0.3, -0.25) is 0 Å². The van der Waals surface area contributed by atoms with Crippen LogP contribution in [0.2, 0.25) is 0 Å². The van der Waals surface area contributed by atoms with Crippen LogP contribution >= 0.6 is 0 Å². The van der Waals surface area contributed by atoms with Crippen LogP contribution in [-0.4, -0.2) is 50.5 Å². The molecule has 2 atom stereocenters. The first-order valence-electron chi connectivity index (χ1n) is 5.63. The first-order chi connectivity index (χ1) is 6.94. The van der Waals surface area contributed by atoms with E-state index in [2.05, 4.69) is 11.8 Å². The van der Waals surface area contributed by atoms with Crippen LogP contribution in [0.15, 0.2) is 0 Å². The fourth-order valence-electron chi connectivity index (χ4n) is 1.96. The molecule has 1 aliphatic rings. The van der Waals surface area contributed by atoms with Crippen molar-refractivity contribution in [2.75, 3.05) is 31.1 Å². The highest BCUT2D eigenvalue weighted by atomic mass is 32.2. The zero-order chi connectivity index (χ0) is 11.5. The zero-order valence-electron chi connectivity index (χ0n) is 9.65. The van der Waals surface area contributed by atoms with Crippen LogP contribution in [0.5, 0.6) is 0 Å². The Morgan fingerprint density at radius 3 is 2.47 bits per heavy atom. The molecular weight excluding hydrogens is 212 g/mol. The molecule has 0 spiro atoms. The summed E-state index contributed by atoms with van der Waals surface area (Å²) in [5.74, 6) is 1.07. The predicted octanol–water partition coefficient (Wildman–Crippen LogP) is 0.0902. The summed E-state index contributed by atoms with van der Waals surface area (Å²) < 4.78 is 23.0. The molecule has 0 saturated carbocycles. The van der Waals surface area contributed by atoms with Crippen LogP contribution in [0.3, 0.4) is 0 Å². The number of likely N-dealkylation sites (tertiary alicyclic amines) is 1. The Balaban J connectivity index is 2.33. The highest BCUT2D eigenvalue weighted by Gasteiger charge is 2.26. The molecule has 0 bridgehead atoms. The highest BCUT2D eigenvalue weighted by Crippen LogP contribution is 2.14. The van der Waals surface area contributed by atoms with E-state index in [-0.39, 0.29) is 11.8 Å². The molecule has 1 heterocycles. The molecule has 1 aliphatic heterocycles. The molecule has 0 radical (unpaired) electrons. The maximum absolute atomic E-state index is 11.5. The van der Waals surface area contributed by atoms with Gasteiger partial charge in [0.2, 0.25) is 0 Å². The minimum atomic E-state index is -2.84. The highest BCUT2D eigenvalue weighted by molar-refractivity contribution is 7.91. The average Bonchev–Trinajstić information content (AvgIpc) is 2.44. The van der Waals surface area contributed by atoms with E-state index in [1.54, 1.807) is 0 Å². The number of nitrogens with zero attached hydrogens (tertiary/aromatic N) is 1. The van der Waals surface area contributed by atoms with Crippen LogP contribution in [-0.2, 0) is 9.84 Å². The van der Waals surface area contributed by atoms with Gasteiger partial charge in [-0.05, 0) is 12.3 Å². The van der Waals surface area contributed by atoms with Crippen molar-refractivity contribution >= 4 is 9.84 Å². The summed E-state index contributed by atoms with van der Waals surface area (Å²) in [4.78, 5) is 2.16. The zero-order valence-corrected chi connectivity index (χ0v) is 10.5. The lowest BCUT2D eigenvalue weighted by atomic mass is 10.1. The van der Waals surface area contributed by atoms with Gasteiger partial charge in [-0.1, -0.05) is 13.8 Å². The number of rotatable bonds is 5. The Morgan fingerprint density at radius 1 is 1.33 bits per heavy atom. The van der Waals surface area contributed by atoms with Crippen molar-refractivity contribution in [3.63, 3.8) is 0 Å². The van der Waals surface area contributed by atoms with E-state index in [9.17, 15) is 8.42 Å². The molecule has 2 unspecified atom stereocenters. The van der Waals surface area contributed by atoms with Crippen molar-refractivity contribution in [3.8, 4) is 0 Å². The fourth-order valence-corrected chi connectivity index (χ4v) is 3.32. The van der Waals surface area contributed by atoms with Crippen molar-refractivity contribution in [1.82, 2.24) is 4.90 Å². The van der Waals surface area contributed by atoms with Gasteiger partial charge in [0.25, 0.3) is 0 Å². The lowest BCUT2D eigenvalue weighted by molar-refractivity contribution is 0.345. The minimum Gasteiger partial charge on any atom is -0.326 e. The Bertz CT molecular complexity index is 280. The Hall–Kier alpha value is -0.130. The lowest BCUT2D eigenvalue weighted by Crippen LogP contribution is -2.31. The Kier molecular flexibility index (Phi) is 4.55. The summed E-state index contributed by atoms with van der Waals surface area (Å²) in [6.07, 6.45) is 0.707. The van der Waals surface area contributed by atoms with Gasteiger partial charge in [0.1, 0.15) is 0 Å². The Morgan fingerprint density at radius 2 is 2.00 bits per heavy atom. The fraction of sp³-hybridized carbons (Fsp3) is 1.00. The number of hydrogen-bond donors (Lipinski definition) is 1. The van der Waals surface area contributed by atoms with Gasteiger partial charge >= 0.3 is 0 Å². The molecule has 2 N–H and O–H groups in total. The van der Waals surface area contributed by atoms with Crippen molar-refractivity contribution in [1.29, 1.82) is 0 Å². The van der Waals surface area contributed by atoms with Crippen molar-refractivity contribution in [3.05, 3.63) is 0 Å². The van der Waals surface area contributed by atoms with E-state index in [0.717, 1.165) is 13.1 Å². The number of hydrogen-bond acceptors (Lipinski definition) is 4. The predicted molar refractivity (Wildman–Crippen MR) is 62.5 cm³/mol. The van der Waals surface area contributed by atoms with Crippen LogP contribution in [0.25, 0.3) is 0 Å². The maximum Gasteiger partial charge on any atom is 0.151 e. The third-order valence-corrected chi connectivity index (χ3v) is 4.81. The summed E-state index contributed by atoms with van der Waals surface area (Å²) >= 11 is 0. The minimum absolute atomic E-state index is 0.207. The van der Waals surface area contributed by atoms with Gasteiger partial charge in [-0.25, -0.2) is 8.42 Å². The van der Waals surface area contributed by atoms with E-state index in [1.807, 2.05) is 6.92 Å². The molecule has 0 aromatic carbocycles. The molecule has 1 fully saturated rings. The lowest BCUT2D eigenvalue weighted by Gasteiger charge is -2.14. The van der Waals surface area contributed by atoms with Crippen LogP contribution in [0, 0.1) is 5.92 Å². The second-order valence-electron chi connectivity index (χ2n) is 4.55. The average molecular weight is 234 g/mol. The molecule has 0 aliphatic carbocycles. The van der Waals surface area contributed by atoms with Gasteiger partial charge in [-0.2, -0.15) is 0 Å². The molecule has 4 nitrogen and oxygen atoms in total. The molecule has 0 aromatic rings. The third-order valence-electron chi connectivity index (χ3n) is 2.98. The smallest absolute Gasteiger partial charge is 0.151 e. The normalized spacial score (nSPS) is 28.5. The van der Waals surface area contributed by atoms with E-state index in [4.69, 9.17) is 5.73 Å². The van der Waals surface area contributed by atoms with Gasteiger partial charge in [-0.15, -0.1) is 0 Å². The van der Waals surface area contributed by atoms with Gasteiger partial charge in [0.15, 0.2) is 9.84 Å². The van der Waals surface area contributed by atoms with E-state index >= 15 is 0 Å². The first-order valence-corrected chi connectivity index (χ1v) is 7.45. The van der Waals surface area contributed by atoms with Crippen molar-refractivity contribution in [2.24, 2.45) is 11.7 Å². The SMILES string of the molecule is CCCS(=O)(=O)CCN1CC(C)C(N)C1. The van der Waals surface area contributed by atoms with E-state index in [1.165, 1.54) is 0 Å². The number of sulfone groups is 1.